The molecule has 0 spiro atoms. The van der Waals surface area contributed by atoms with Gasteiger partial charge in [-0.2, -0.15) is 0 Å². The molecule has 0 amide bonds. The van der Waals surface area contributed by atoms with E-state index in [9.17, 15) is 4.39 Å². The third kappa shape index (κ3) is 4.24. The maximum Gasteiger partial charge on any atom is 0.203 e. The summed E-state index contributed by atoms with van der Waals surface area (Å²) in [6.45, 7) is 0. The SMILES string of the molecule is COc1cc(-c2nnc(SCc3cccnc3)n2-c2ccccc2F)cc(OC)c1OC. The van der Waals surface area contributed by atoms with Crippen LogP contribution in [0.2, 0.25) is 0 Å². The lowest BCUT2D eigenvalue weighted by molar-refractivity contribution is 0.324. The van der Waals surface area contributed by atoms with Crippen molar-refractivity contribution in [1.29, 1.82) is 0 Å². The Morgan fingerprint density at radius 2 is 1.69 bits per heavy atom. The molecular formula is C23H21FN4O3S. The topological polar surface area (TPSA) is 71.3 Å². The van der Waals surface area contributed by atoms with E-state index in [0.29, 0.717) is 45.2 Å². The second kappa shape index (κ2) is 9.69. The van der Waals surface area contributed by atoms with Gasteiger partial charge in [0.15, 0.2) is 22.5 Å². The summed E-state index contributed by atoms with van der Waals surface area (Å²) in [4.78, 5) is 4.14. The van der Waals surface area contributed by atoms with E-state index < -0.39 is 0 Å². The van der Waals surface area contributed by atoms with Crippen molar-refractivity contribution in [2.24, 2.45) is 0 Å². The molecule has 0 aliphatic heterocycles. The first-order valence-electron chi connectivity index (χ1n) is 9.68. The number of halogens is 1. The van der Waals surface area contributed by atoms with E-state index in [2.05, 4.69) is 15.2 Å². The number of hydrogen-bond donors (Lipinski definition) is 0. The second-order valence-electron chi connectivity index (χ2n) is 6.66. The van der Waals surface area contributed by atoms with Gasteiger partial charge in [-0.05, 0) is 35.9 Å². The highest BCUT2D eigenvalue weighted by Gasteiger charge is 2.22. The maximum atomic E-state index is 14.8. The predicted molar refractivity (Wildman–Crippen MR) is 120 cm³/mol. The lowest BCUT2D eigenvalue weighted by atomic mass is 10.1. The zero-order valence-electron chi connectivity index (χ0n) is 17.8. The van der Waals surface area contributed by atoms with Crippen LogP contribution >= 0.6 is 11.8 Å². The lowest BCUT2D eigenvalue weighted by Crippen LogP contribution is -2.03. The van der Waals surface area contributed by atoms with Crippen LogP contribution in [-0.4, -0.2) is 41.1 Å². The van der Waals surface area contributed by atoms with Crippen LogP contribution in [0, 0.1) is 5.82 Å². The van der Waals surface area contributed by atoms with Crippen molar-refractivity contribution < 1.29 is 18.6 Å². The molecule has 7 nitrogen and oxygen atoms in total. The summed E-state index contributed by atoms with van der Waals surface area (Å²) in [6.07, 6.45) is 3.51. The van der Waals surface area contributed by atoms with Crippen molar-refractivity contribution in [2.75, 3.05) is 21.3 Å². The average Bonchev–Trinajstić information content (AvgIpc) is 3.26. The van der Waals surface area contributed by atoms with Crippen LogP contribution < -0.4 is 14.2 Å². The fourth-order valence-electron chi connectivity index (χ4n) is 3.24. The Labute approximate surface area is 189 Å². The highest BCUT2D eigenvalue weighted by atomic mass is 32.2. The van der Waals surface area contributed by atoms with Crippen molar-refractivity contribution in [1.82, 2.24) is 19.7 Å². The molecule has 0 radical (unpaired) electrons. The number of para-hydroxylation sites is 1. The molecule has 4 rings (SSSR count). The van der Waals surface area contributed by atoms with E-state index in [0.717, 1.165) is 5.56 Å². The zero-order chi connectivity index (χ0) is 22.5. The minimum atomic E-state index is -0.385. The number of nitrogens with zero attached hydrogens (tertiary/aromatic N) is 4. The third-order valence-electron chi connectivity index (χ3n) is 4.74. The molecule has 0 unspecified atom stereocenters. The van der Waals surface area contributed by atoms with Crippen molar-refractivity contribution in [3.05, 3.63) is 72.3 Å². The van der Waals surface area contributed by atoms with E-state index in [1.54, 1.807) is 47.3 Å². The molecule has 9 heteroatoms. The summed E-state index contributed by atoms with van der Waals surface area (Å²) < 4.78 is 32.9. The van der Waals surface area contributed by atoms with E-state index in [1.165, 1.54) is 39.2 Å². The number of hydrogen-bond acceptors (Lipinski definition) is 7. The molecule has 2 heterocycles. The molecule has 0 saturated heterocycles. The lowest BCUT2D eigenvalue weighted by Gasteiger charge is -2.15. The van der Waals surface area contributed by atoms with Crippen LogP contribution in [0.15, 0.2) is 66.1 Å². The van der Waals surface area contributed by atoms with Gasteiger partial charge >= 0.3 is 0 Å². The van der Waals surface area contributed by atoms with Gasteiger partial charge in [0, 0.05) is 23.7 Å². The molecule has 2 aromatic heterocycles. The van der Waals surface area contributed by atoms with Crippen LogP contribution in [-0.2, 0) is 5.75 Å². The molecule has 4 aromatic rings. The third-order valence-corrected chi connectivity index (χ3v) is 5.74. The molecule has 0 fully saturated rings. The predicted octanol–water partition coefficient (Wildman–Crippen LogP) is 4.79. The summed E-state index contributed by atoms with van der Waals surface area (Å²) >= 11 is 1.44. The quantitative estimate of drug-likeness (QED) is 0.356. The molecule has 0 saturated carbocycles. The summed E-state index contributed by atoms with van der Waals surface area (Å²) in [5.74, 6) is 2.06. The van der Waals surface area contributed by atoms with E-state index in [4.69, 9.17) is 14.2 Å². The molecule has 0 aliphatic carbocycles. The minimum absolute atomic E-state index is 0.343. The zero-order valence-corrected chi connectivity index (χ0v) is 18.6. The Morgan fingerprint density at radius 3 is 2.31 bits per heavy atom. The molecular weight excluding hydrogens is 431 g/mol. The first-order valence-corrected chi connectivity index (χ1v) is 10.7. The van der Waals surface area contributed by atoms with E-state index >= 15 is 0 Å². The number of rotatable bonds is 8. The first-order chi connectivity index (χ1) is 15.7. The van der Waals surface area contributed by atoms with Crippen molar-refractivity contribution >= 4 is 11.8 Å². The van der Waals surface area contributed by atoms with Crippen LogP contribution in [0.25, 0.3) is 17.1 Å². The number of aromatic nitrogens is 4. The standard InChI is InChI=1S/C23H21FN4O3S/c1-29-19-11-16(12-20(30-2)21(19)31-3)22-26-27-23(32-14-15-7-6-10-25-13-15)28(22)18-9-5-4-8-17(18)24/h4-13H,14H2,1-3H3. The Kier molecular flexibility index (Phi) is 6.55. The maximum absolute atomic E-state index is 14.8. The van der Waals surface area contributed by atoms with Gasteiger partial charge in [0.2, 0.25) is 5.75 Å². The molecule has 32 heavy (non-hydrogen) atoms. The van der Waals surface area contributed by atoms with Crippen LogP contribution in [0.5, 0.6) is 17.2 Å². The van der Waals surface area contributed by atoms with E-state index in [-0.39, 0.29) is 5.82 Å². The van der Waals surface area contributed by atoms with E-state index in [1.807, 2.05) is 12.1 Å². The first kappa shape index (κ1) is 21.6. The van der Waals surface area contributed by atoms with Gasteiger partial charge in [-0.1, -0.05) is 30.0 Å². The molecule has 164 valence electrons. The molecule has 0 aliphatic rings. The van der Waals surface area contributed by atoms with Crippen LogP contribution in [0.1, 0.15) is 5.56 Å². The largest absolute Gasteiger partial charge is 0.493 e. The van der Waals surface area contributed by atoms with Gasteiger partial charge in [0.1, 0.15) is 5.82 Å². The number of benzene rings is 2. The Hall–Kier alpha value is -3.59. The highest BCUT2D eigenvalue weighted by Crippen LogP contribution is 2.42. The molecule has 0 N–H and O–H groups in total. The fourth-order valence-corrected chi connectivity index (χ4v) is 4.12. The van der Waals surface area contributed by atoms with Gasteiger partial charge in [-0.25, -0.2) is 4.39 Å². The summed E-state index contributed by atoms with van der Waals surface area (Å²) in [6, 6.07) is 13.9. The molecule has 2 aromatic carbocycles. The van der Waals surface area contributed by atoms with Gasteiger partial charge in [0.25, 0.3) is 0 Å². The minimum Gasteiger partial charge on any atom is -0.493 e. The second-order valence-corrected chi connectivity index (χ2v) is 7.60. The smallest absolute Gasteiger partial charge is 0.203 e. The Morgan fingerprint density at radius 1 is 0.938 bits per heavy atom. The molecule has 0 bridgehead atoms. The van der Waals surface area contributed by atoms with Gasteiger partial charge in [-0.15, -0.1) is 10.2 Å². The summed E-state index contributed by atoms with van der Waals surface area (Å²) in [5, 5.41) is 9.28. The van der Waals surface area contributed by atoms with Gasteiger partial charge < -0.3 is 14.2 Å². The highest BCUT2D eigenvalue weighted by molar-refractivity contribution is 7.98. The van der Waals surface area contributed by atoms with Crippen molar-refractivity contribution in [3.63, 3.8) is 0 Å². The Bertz CT molecular complexity index is 1190. The Balaban J connectivity index is 1.84. The van der Waals surface area contributed by atoms with Crippen LogP contribution in [0.3, 0.4) is 0 Å². The van der Waals surface area contributed by atoms with Gasteiger partial charge in [-0.3, -0.25) is 9.55 Å². The summed E-state index contributed by atoms with van der Waals surface area (Å²) in [5.41, 5.74) is 2.01. The average molecular weight is 453 g/mol. The van der Waals surface area contributed by atoms with Crippen molar-refractivity contribution in [3.8, 4) is 34.3 Å². The summed E-state index contributed by atoms with van der Waals surface area (Å²) in [7, 11) is 4.62. The fraction of sp³-hybridized carbons (Fsp3) is 0.174. The van der Waals surface area contributed by atoms with Crippen molar-refractivity contribution in [2.45, 2.75) is 10.9 Å². The molecule has 0 atom stereocenters. The monoisotopic (exact) mass is 452 g/mol. The number of ether oxygens (including phenoxy) is 3. The normalized spacial score (nSPS) is 10.8. The number of pyridine rings is 1. The van der Waals surface area contributed by atoms with Crippen LogP contribution in [0.4, 0.5) is 4.39 Å². The van der Waals surface area contributed by atoms with Gasteiger partial charge in [0.05, 0.1) is 27.0 Å². The number of thioether (sulfide) groups is 1. The number of methoxy groups -OCH3 is 3.